The minimum atomic E-state index is -0.845. The number of aliphatic carboxylic acids is 1. The van der Waals surface area contributed by atoms with Gasteiger partial charge in [0, 0.05) is 23.4 Å². The Morgan fingerprint density at radius 2 is 1.87 bits per heavy atom. The molecule has 0 amide bonds. The molecule has 3 rings (SSSR count). The maximum Gasteiger partial charge on any atom is 0.331 e. The van der Waals surface area contributed by atoms with Crippen molar-refractivity contribution in [3.8, 4) is 5.75 Å². The van der Waals surface area contributed by atoms with E-state index in [2.05, 4.69) is 24.4 Å². The lowest BCUT2D eigenvalue weighted by molar-refractivity contribution is -0.132. The van der Waals surface area contributed by atoms with Crippen LogP contribution in [-0.4, -0.2) is 22.0 Å². The molecule has 156 valence electrons. The van der Waals surface area contributed by atoms with E-state index in [1.807, 2.05) is 24.3 Å². The van der Waals surface area contributed by atoms with Crippen molar-refractivity contribution in [2.75, 3.05) is 5.32 Å². The zero-order chi connectivity index (χ0) is 21.8. The molecule has 1 aliphatic carbocycles. The van der Waals surface area contributed by atoms with Gasteiger partial charge < -0.3 is 15.5 Å². The highest BCUT2D eigenvalue weighted by atomic mass is 16.4. The molecular formula is C25H27NO4. The molecule has 0 bridgehead atoms. The van der Waals surface area contributed by atoms with Crippen molar-refractivity contribution < 1.29 is 19.8 Å². The molecule has 0 saturated heterocycles. The second-order valence-corrected chi connectivity index (χ2v) is 7.88. The third-order valence-corrected chi connectivity index (χ3v) is 5.63. The van der Waals surface area contributed by atoms with Crippen LogP contribution < -0.4 is 5.32 Å². The summed E-state index contributed by atoms with van der Waals surface area (Å²) in [6, 6.07) is 11.7. The molecule has 0 heterocycles. The van der Waals surface area contributed by atoms with E-state index in [0.29, 0.717) is 29.7 Å². The van der Waals surface area contributed by atoms with Crippen LogP contribution in [0.3, 0.4) is 0 Å². The van der Waals surface area contributed by atoms with Gasteiger partial charge in [-0.05, 0) is 55.9 Å². The molecule has 2 aromatic carbocycles. The predicted molar refractivity (Wildman–Crippen MR) is 118 cm³/mol. The van der Waals surface area contributed by atoms with Crippen molar-refractivity contribution in [3.63, 3.8) is 0 Å². The number of allylic oxidation sites excluding steroid dienone is 3. The van der Waals surface area contributed by atoms with E-state index in [0.717, 1.165) is 17.7 Å². The normalized spacial score (nSPS) is 15.9. The summed E-state index contributed by atoms with van der Waals surface area (Å²) in [5.41, 5.74) is 5.73. The number of hydrogen-bond acceptors (Lipinski definition) is 4. The maximum atomic E-state index is 11.6. The Hall–Kier alpha value is -3.34. The van der Waals surface area contributed by atoms with Gasteiger partial charge in [-0.1, -0.05) is 48.9 Å². The lowest BCUT2D eigenvalue weighted by Gasteiger charge is -2.20. The van der Waals surface area contributed by atoms with E-state index in [1.54, 1.807) is 19.1 Å². The lowest BCUT2D eigenvalue weighted by Crippen LogP contribution is -2.12. The first-order valence-corrected chi connectivity index (χ1v) is 10.0. The topological polar surface area (TPSA) is 86.6 Å². The summed E-state index contributed by atoms with van der Waals surface area (Å²) < 4.78 is 0. The van der Waals surface area contributed by atoms with Crippen LogP contribution in [0.4, 0.5) is 5.69 Å². The lowest BCUT2D eigenvalue weighted by atomic mass is 9.85. The van der Waals surface area contributed by atoms with Gasteiger partial charge in [0.15, 0.2) is 5.78 Å². The van der Waals surface area contributed by atoms with Gasteiger partial charge in [0.2, 0.25) is 0 Å². The highest BCUT2D eigenvalue weighted by Crippen LogP contribution is 2.30. The molecule has 0 aliphatic heterocycles. The summed E-state index contributed by atoms with van der Waals surface area (Å²) in [5, 5.41) is 22.7. The number of benzene rings is 2. The molecule has 0 fully saturated rings. The summed E-state index contributed by atoms with van der Waals surface area (Å²) in [4.78, 5) is 22.7. The Balaban J connectivity index is 1.70. The van der Waals surface area contributed by atoms with Crippen LogP contribution in [0.1, 0.15) is 47.3 Å². The second-order valence-electron chi connectivity index (χ2n) is 7.88. The van der Waals surface area contributed by atoms with E-state index in [4.69, 9.17) is 5.11 Å². The van der Waals surface area contributed by atoms with Crippen molar-refractivity contribution in [1.82, 2.24) is 0 Å². The quantitative estimate of drug-likeness (QED) is 0.562. The number of rotatable bonds is 7. The van der Waals surface area contributed by atoms with Crippen LogP contribution >= 0.6 is 0 Å². The van der Waals surface area contributed by atoms with E-state index in [-0.39, 0.29) is 17.5 Å². The predicted octanol–water partition coefficient (Wildman–Crippen LogP) is 5.04. The molecule has 0 radical (unpaired) electrons. The number of ketones is 1. The third-order valence-electron chi connectivity index (χ3n) is 5.63. The van der Waals surface area contributed by atoms with E-state index in [1.165, 1.54) is 18.1 Å². The van der Waals surface area contributed by atoms with Crippen molar-refractivity contribution >= 4 is 17.4 Å². The molecule has 30 heavy (non-hydrogen) atoms. The Labute approximate surface area is 176 Å². The maximum absolute atomic E-state index is 11.6. The van der Waals surface area contributed by atoms with Crippen LogP contribution in [0.15, 0.2) is 59.7 Å². The van der Waals surface area contributed by atoms with Gasteiger partial charge in [0.05, 0.1) is 5.56 Å². The van der Waals surface area contributed by atoms with Gasteiger partial charge >= 0.3 is 5.97 Å². The van der Waals surface area contributed by atoms with Gasteiger partial charge in [0.1, 0.15) is 5.75 Å². The van der Waals surface area contributed by atoms with Crippen LogP contribution in [0.25, 0.3) is 0 Å². The molecule has 1 aliphatic rings. The average molecular weight is 405 g/mol. The fourth-order valence-corrected chi connectivity index (χ4v) is 3.75. The molecule has 0 spiro atoms. The van der Waals surface area contributed by atoms with E-state index >= 15 is 0 Å². The molecular weight excluding hydrogens is 378 g/mol. The fraction of sp³-hybridized carbons (Fsp3) is 0.280. The zero-order valence-electron chi connectivity index (χ0n) is 17.5. The Bertz CT molecular complexity index is 1050. The molecule has 0 aromatic heterocycles. The Morgan fingerprint density at radius 1 is 1.13 bits per heavy atom. The van der Waals surface area contributed by atoms with Gasteiger partial charge in [-0.25, -0.2) is 4.79 Å². The SMILES string of the molecule is CC(=O)c1ccc(NCc2cccc(CC3=CC=C(C(=O)O)CC3C)c2)c(C)c1O. The van der Waals surface area contributed by atoms with Crippen LogP contribution in [-0.2, 0) is 17.8 Å². The largest absolute Gasteiger partial charge is 0.507 e. The molecule has 0 saturated carbocycles. The minimum Gasteiger partial charge on any atom is -0.507 e. The van der Waals surface area contributed by atoms with Gasteiger partial charge in [-0.15, -0.1) is 0 Å². The van der Waals surface area contributed by atoms with Crippen LogP contribution in [0, 0.1) is 12.8 Å². The minimum absolute atomic E-state index is 0.0215. The van der Waals surface area contributed by atoms with Crippen molar-refractivity contribution in [3.05, 3.63) is 82.0 Å². The number of phenols is 1. The summed E-state index contributed by atoms with van der Waals surface area (Å²) in [6.45, 7) is 5.88. The van der Waals surface area contributed by atoms with E-state index < -0.39 is 5.97 Å². The van der Waals surface area contributed by atoms with Gasteiger partial charge in [0.25, 0.3) is 0 Å². The zero-order valence-corrected chi connectivity index (χ0v) is 17.5. The summed E-state index contributed by atoms with van der Waals surface area (Å²) in [7, 11) is 0. The first-order chi connectivity index (χ1) is 14.3. The van der Waals surface area contributed by atoms with Crippen molar-refractivity contribution in [1.29, 1.82) is 0 Å². The summed E-state index contributed by atoms with van der Waals surface area (Å²) in [5.74, 6) is -0.782. The first-order valence-electron chi connectivity index (χ1n) is 10.0. The molecule has 1 atom stereocenters. The highest BCUT2D eigenvalue weighted by Gasteiger charge is 2.19. The van der Waals surface area contributed by atoms with Gasteiger partial charge in [-0.2, -0.15) is 0 Å². The number of carbonyl (C=O) groups excluding carboxylic acids is 1. The second kappa shape index (κ2) is 8.99. The number of phenolic OH excluding ortho intramolecular Hbond substituents is 1. The monoisotopic (exact) mass is 405 g/mol. The molecule has 2 aromatic rings. The molecule has 3 N–H and O–H groups in total. The number of anilines is 1. The van der Waals surface area contributed by atoms with Crippen molar-refractivity contribution in [2.24, 2.45) is 5.92 Å². The number of carboxylic acid groups (broad SMARTS) is 1. The number of Topliss-reactive ketones (excluding diaryl/α,β-unsaturated/α-hetero) is 1. The number of nitrogens with one attached hydrogen (secondary N) is 1. The fourth-order valence-electron chi connectivity index (χ4n) is 3.75. The Kier molecular flexibility index (Phi) is 6.40. The third kappa shape index (κ3) is 4.79. The first kappa shape index (κ1) is 21.4. The van der Waals surface area contributed by atoms with Gasteiger partial charge in [-0.3, -0.25) is 4.79 Å². The summed E-state index contributed by atoms with van der Waals surface area (Å²) >= 11 is 0. The van der Waals surface area contributed by atoms with E-state index in [9.17, 15) is 14.7 Å². The smallest absolute Gasteiger partial charge is 0.331 e. The molecule has 5 heteroatoms. The van der Waals surface area contributed by atoms with Crippen LogP contribution in [0.5, 0.6) is 5.75 Å². The van der Waals surface area contributed by atoms with Crippen LogP contribution in [0.2, 0.25) is 0 Å². The standard InChI is InChI=1S/C25H27NO4/c1-15-11-21(25(29)30)8-7-20(15)13-18-5-4-6-19(12-18)14-26-23-10-9-22(17(3)27)24(28)16(23)2/h4-10,12,15,26,28H,11,13-14H2,1-3H3,(H,29,30). The molecule has 1 unspecified atom stereocenters. The number of aromatic hydroxyl groups is 1. The summed E-state index contributed by atoms with van der Waals surface area (Å²) in [6.07, 6.45) is 4.99. The Morgan fingerprint density at radius 3 is 2.53 bits per heavy atom. The number of carbonyl (C=O) groups is 2. The highest BCUT2D eigenvalue weighted by molar-refractivity contribution is 5.97. The van der Waals surface area contributed by atoms with Crippen molar-refractivity contribution in [2.45, 2.75) is 40.2 Å². The number of carboxylic acids is 1. The molecule has 5 nitrogen and oxygen atoms in total. The average Bonchev–Trinajstić information content (AvgIpc) is 2.70. The number of hydrogen-bond donors (Lipinski definition) is 3.